The van der Waals surface area contributed by atoms with E-state index in [9.17, 15) is 4.79 Å². The highest BCUT2D eigenvalue weighted by Gasteiger charge is 2.19. The van der Waals surface area contributed by atoms with Gasteiger partial charge in [-0.05, 0) is 6.07 Å². The van der Waals surface area contributed by atoms with Crippen molar-refractivity contribution in [1.29, 1.82) is 0 Å². The number of fused-ring (bicyclic) bond motifs is 1. The maximum Gasteiger partial charge on any atom is 0.323 e. The number of carbonyl (C=O) groups is 1. The van der Waals surface area contributed by atoms with Crippen molar-refractivity contribution in [2.24, 2.45) is 0 Å². The minimum absolute atomic E-state index is 0.0344. The summed E-state index contributed by atoms with van der Waals surface area (Å²) in [5.41, 5.74) is 0.840. The summed E-state index contributed by atoms with van der Waals surface area (Å²) in [4.78, 5) is 12.3. The Balaban J connectivity index is 2.26. The standard InChI is InChI=1S/C8H10N4O2/c13-7(14)5-12-4-3-9-6-1-2-10-11-8(6)12/h1-2,9H,3-5H2,(H,13,14). The summed E-state index contributed by atoms with van der Waals surface area (Å²) in [5, 5.41) is 19.4. The molecule has 2 N–H and O–H groups in total. The molecule has 14 heavy (non-hydrogen) atoms. The summed E-state index contributed by atoms with van der Waals surface area (Å²) < 4.78 is 0. The summed E-state index contributed by atoms with van der Waals surface area (Å²) in [6.07, 6.45) is 1.58. The Kier molecular flexibility index (Phi) is 2.18. The topological polar surface area (TPSA) is 78.4 Å². The zero-order valence-corrected chi connectivity index (χ0v) is 7.47. The summed E-state index contributed by atoms with van der Waals surface area (Å²) >= 11 is 0. The molecule has 2 heterocycles. The quantitative estimate of drug-likeness (QED) is 0.678. The van der Waals surface area contributed by atoms with Crippen LogP contribution in [0.3, 0.4) is 0 Å². The number of carboxylic acid groups (broad SMARTS) is 1. The van der Waals surface area contributed by atoms with Crippen molar-refractivity contribution in [3.8, 4) is 0 Å². The Labute approximate surface area is 80.6 Å². The van der Waals surface area contributed by atoms with Crippen LogP contribution in [0.5, 0.6) is 0 Å². The van der Waals surface area contributed by atoms with Crippen molar-refractivity contribution in [2.75, 3.05) is 29.9 Å². The van der Waals surface area contributed by atoms with Crippen molar-refractivity contribution >= 4 is 17.5 Å². The van der Waals surface area contributed by atoms with E-state index >= 15 is 0 Å². The Hall–Kier alpha value is -1.85. The lowest BCUT2D eigenvalue weighted by molar-refractivity contribution is -0.135. The highest BCUT2D eigenvalue weighted by atomic mass is 16.4. The van der Waals surface area contributed by atoms with Crippen LogP contribution in [0, 0.1) is 0 Å². The zero-order chi connectivity index (χ0) is 9.97. The molecule has 1 aliphatic heterocycles. The van der Waals surface area contributed by atoms with Gasteiger partial charge in [0.05, 0.1) is 11.9 Å². The van der Waals surface area contributed by atoms with Crippen LogP contribution in [-0.4, -0.2) is 40.9 Å². The van der Waals surface area contributed by atoms with E-state index in [1.165, 1.54) is 0 Å². The predicted molar refractivity (Wildman–Crippen MR) is 50.4 cm³/mol. The smallest absolute Gasteiger partial charge is 0.323 e. The third-order valence-corrected chi connectivity index (χ3v) is 2.02. The van der Waals surface area contributed by atoms with Gasteiger partial charge in [-0.1, -0.05) is 0 Å². The number of aliphatic carboxylic acids is 1. The van der Waals surface area contributed by atoms with E-state index in [2.05, 4.69) is 15.5 Å². The third-order valence-electron chi connectivity index (χ3n) is 2.02. The molecule has 2 rings (SSSR count). The molecule has 0 atom stereocenters. The Morgan fingerprint density at radius 1 is 1.71 bits per heavy atom. The van der Waals surface area contributed by atoms with Crippen molar-refractivity contribution in [3.63, 3.8) is 0 Å². The average molecular weight is 194 g/mol. The summed E-state index contributed by atoms with van der Waals surface area (Å²) in [5.74, 6) is -0.246. The van der Waals surface area contributed by atoms with Crippen LogP contribution < -0.4 is 10.2 Å². The van der Waals surface area contributed by atoms with E-state index in [0.29, 0.717) is 12.4 Å². The summed E-state index contributed by atoms with van der Waals surface area (Å²) in [6, 6.07) is 1.79. The molecule has 0 saturated heterocycles. The average Bonchev–Trinajstić information content (AvgIpc) is 2.18. The first-order valence-corrected chi connectivity index (χ1v) is 4.29. The number of hydrogen-bond donors (Lipinski definition) is 2. The molecule has 0 spiro atoms. The van der Waals surface area contributed by atoms with Gasteiger partial charge in [0.15, 0.2) is 5.82 Å². The number of rotatable bonds is 2. The van der Waals surface area contributed by atoms with Gasteiger partial charge in [-0.25, -0.2) is 0 Å². The van der Waals surface area contributed by atoms with Crippen LogP contribution in [-0.2, 0) is 4.79 Å². The van der Waals surface area contributed by atoms with Crippen LogP contribution in [0.25, 0.3) is 0 Å². The lowest BCUT2D eigenvalue weighted by Gasteiger charge is -2.28. The van der Waals surface area contributed by atoms with Crippen LogP contribution in [0.4, 0.5) is 11.5 Å². The number of aromatic nitrogens is 2. The van der Waals surface area contributed by atoms with Crippen molar-refractivity contribution < 1.29 is 9.90 Å². The molecule has 0 saturated carbocycles. The van der Waals surface area contributed by atoms with E-state index in [1.807, 2.05) is 0 Å². The van der Waals surface area contributed by atoms with E-state index in [0.717, 1.165) is 12.2 Å². The van der Waals surface area contributed by atoms with Crippen LogP contribution in [0.15, 0.2) is 12.3 Å². The minimum Gasteiger partial charge on any atom is -0.480 e. The Bertz CT molecular complexity index is 355. The molecule has 74 valence electrons. The lowest BCUT2D eigenvalue weighted by atomic mass is 10.3. The van der Waals surface area contributed by atoms with E-state index in [1.54, 1.807) is 17.2 Å². The first-order valence-electron chi connectivity index (χ1n) is 4.29. The number of nitrogens with one attached hydrogen (secondary N) is 1. The number of carboxylic acids is 1. The largest absolute Gasteiger partial charge is 0.480 e. The molecule has 6 nitrogen and oxygen atoms in total. The highest BCUT2D eigenvalue weighted by Crippen LogP contribution is 2.24. The molecule has 0 amide bonds. The molecule has 0 aliphatic carbocycles. The van der Waals surface area contributed by atoms with Crippen molar-refractivity contribution in [3.05, 3.63) is 12.3 Å². The molecule has 1 aromatic rings. The highest BCUT2D eigenvalue weighted by molar-refractivity contribution is 5.77. The molecule has 0 unspecified atom stereocenters. The molecule has 6 heteroatoms. The van der Waals surface area contributed by atoms with Gasteiger partial charge in [0.1, 0.15) is 6.54 Å². The van der Waals surface area contributed by atoms with E-state index in [-0.39, 0.29) is 6.54 Å². The molecule has 1 aromatic heterocycles. The van der Waals surface area contributed by atoms with Gasteiger partial charge in [-0.15, -0.1) is 5.10 Å². The molecular formula is C8H10N4O2. The SMILES string of the molecule is O=C(O)CN1CCNc2ccnnc21. The number of hydrogen-bond acceptors (Lipinski definition) is 5. The molecule has 1 aliphatic rings. The number of anilines is 2. The first kappa shape index (κ1) is 8.74. The second-order valence-corrected chi connectivity index (χ2v) is 3.01. The van der Waals surface area contributed by atoms with Crippen molar-refractivity contribution in [2.45, 2.75) is 0 Å². The van der Waals surface area contributed by atoms with Gasteiger partial charge in [0, 0.05) is 13.1 Å². The van der Waals surface area contributed by atoms with Gasteiger partial charge in [-0.2, -0.15) is 5.10 Å². The van der Waals surface area contributed by atoms with Gasteiger partial charge >= 0.3 is 5.97 Å². The normalized spacial score (nSPS) is 14.4. The van der Waals surface area contributed by atoms with E-state index < -0.39 is 5.97 Å². The number of nitrogens with zero attached hydrogens (tertiary/aromatic N) is 3. The lowest BCUT2D eigenvalue weighted by Crippen LogP contribution is -2.38. The predicted octanol–water partition coefficient (Wildman–Crippen LogP) is -0.207. The first-order chi connectivity index (χ1) is 6.77. The fraction of sp³-hybridized carbons (Fsp3) is 0.375. The Morgan fingerprint density at radius 2 is 2.57 bits per heavy atom. The van der Waals surface area contributed by atoms with Crippen LogP contribution >= 0.6 is 0 Å². The zero-order valence-electron chi connectivity index (χ0n) is 7.47. The Morgan fingerprint density at radius 3 is 3.36 bits per heavy atom. The molecule has 0 fully saturated rings. The molecular weight excluding hydrogens is 184 g/mol. The van der Waals surface area contributed by atoms with Gasteiger partial charge < -0.3 is 15.3 Å². The summed E-state index contributed by atoms with van der Waals surface area (Å²) in [6.45, 7) is 1.33. The fourth-order valence-corrected chi connectivity index (χ4v) is 1.44. The molecule has 0 bridgehead atoms. The summed E-state index contributed by atoms with van der Waals surface area (Å²) in [7, 11) is 0. The maximum absolute atomic E-state index is 10.6. The maximum atomic E-state index is 10.6. The van der Waals surface area contributed by atoms with Gasteiger partial charge in [0.25, 0.3) is 0 Å². The van der Waals surface area contributed by atoms with Gasteiger partial charge in [0.2, 0.25) is 0 Å². The van der Waals surface area contributed by atoms with Crippen LogP contribution in [0.1, 0.15) is 0 Å². The molecule has 0 aromatic carbocycles. The minimum atomic E-state index is -0.858. The van der Waals surface area contributed by atoms with Crippen molar-refractivity contribution in [1.82, 2.24) is 10.2 Å². The second kappa shape index (κ2) is 3.49. The monoisotopic (exact) mass is 194 g/mol. The third kappa shape index (κ3) is 1.59. The van der Waals surface area contributed by atoms with E-state index in [4.69, 9.17) is 5.11 Å². The fourth-order valence-electron chi connectivity index (χ4n) is 1.44. The van der Waals surface area contributed by atoms with Gasteiger partial charge in [-0.3, -0.25) is 4.79 Å². The second-order valence-electron chi connectivity index (χ2n) is 3.01. The molecule has 0 radical (unpaired) electrons. The van der Waals surface area contributed by atoms with Crippen LogP contribution in [0.2, 0.25) is 0 Å².